The maximum Gasteiger partial charge on any atom is 0.286 e. The predicted molar refractivity (Wildman–Crippen MR) is 76.4 cm³/mol. The standard InChI is InChI=1S/C11H19N7O5/c1-11(22)7(20)4(2-19)23-10(11)18-3-15-5(9(21)17-14)6(18)8(12)16-13/h3-4,7,10,19-20,22H,2,13-14H2,1H3,(H2,12,16)(H,17,21)/t4-,7-,10-,11-/m1/s1. The zero-order valence-corrected chi connectivity index (χ0v) is 12.2. The molecule has 1 amide bonds. The largest absolute Gasteiger partial charge is 0.394 e. The van der Waals surface area contributed by atoms with Crippen molar-refractivity contribution in [3.63, 3.8) is 0 Å². The van der Waals surface area contributed by atoms with Crippen LogP contribution in [-0.4, -0.2) is 61.0 Å². The second-order valence-electron chi connectivity index (χ2n) is 5.22. The van der Waals surface area contributed by atoms with Crippen molar-refractivity contribution in [3.8, 4) is 0 Å². The van der Waals surface area contributed by atoms with Gasteiger partial charge in [0.1, 0.15) is 23.5 Å². The number of aliphatic hydroxyl groups is 3. The minimum atomic E-state index is -1.80. The fourth-order valence-corrected chi connectivity index (χ4v) is 2.48. The van der Waals surface area contributed by atoms with Gasteiger partial charge in [-0.15, -0.1) is 0 Å². The van der Waals surface area contributed by atoms with Gasteiger partial charge in [0, 0.05) is 0 Å². The first-order valence-corrected chi connectivity index (χ1v) is 6.57. The molecule has 128 valence electrons. The van der Waals surface area contributed by atoms with Gasteiger partial charge in [0.05, 0.1) is 12.9 Å². The number of hydrogen-bond acceptors (Lipinski definition) is 9. The Morgan fingerprint density at radius 3 is 2.78 bits per heavy atom. The lowest BCUT2D eigenvalue weighted by Gasteiger charge is -2.28. The number of aromatic nitrogens is 2. The highest BCUT2D eigenvalue weighted by molar-refractivity contribution is 6.06. The van der Waals surface area contributed by atoms with Crippen LogP contribution in [-0.2, 0) is 4.74 Å². The van der Waals surface area contributed by atoms with Gasteiger partial charge in [-0.1, -0.05) is 0 Å². The van der Waals surface area contributed by atoms with Crippen molar-refractivity contribution in [2.45, 2.75) is 31.0 Å². The minimum absolute atomic E-state index is 0.0495. The summed E-state index contributed by atoms with van der Waals surface area (Å²) in [4.78, 5) is 15.6. The number of ether oxygens (including phenoxy) is 1. The van der Waals surface area contributed by atoms with Gasteiger partial charge in [-0.05, 0) is 6.92 Å². The number of nitrogens with one attached hydrogen (secondary N) is 1. The summed E-state index contributed by atoms with van der Waals surface area (Å²) < 4.78 is 6.63. The number of hydrazine groups is 1. The third-order valence-electron chi connectivity index (χ3n) is 3.71. The number of rotatable bonds is 4. The van der Waals surface area contributed by atoms with Gasteiger partial charge in [-0.2, -0.15) is 5.10 Å². The number of nitrogen functional groups attached to an aromatic ring is 1. The van der Waals surface area contributed by atoms with Crippen LogP contribution in [0.2, 0.25) is 0 Å². The zero-order valence-electron chi connectivity index (χ0n) is 12.2. The summed E-state index contributed by atoms with van der Waals surface area (Å²) in [5.41, 5.74) is 5.54. The van der Waals surface area contributed by atoms with E-state index < -0.39 is 36.6 Å². The highest BCUT2D eigenvalue weighted by Gasteiger charge is 2.53. The first-order valence-electron chi connectivity index (χ1n) is 6.57. The van der Waals surface area contributed by atoms with Crippen molar-refractivity contribution in [3.05, 3.63) is 17.7 Å². The summed E-state index contributed by atoms with van der Waals surface area (Å²) >= 11 is 0. The average molecular weight is 329 g/mol. The number of carbonyl (C=O) groups is 1. The van der Waals surface area contributed by atoms with Gasteiger partial charge in [0.2, 0.25) is 0 Å². The molecule has 2 rings (SSSR count). The van der Waals surface area contributed by atoms with Crippen LogP contribution in [0.3, 0.4) is 0 Å². The first-order chi connectivity index (χ1) is 10.8. The van der Waals surface area contributed by atoms with Crippen LogP contribution >= 0.6 is 0 Å². The second kappa shape index (κ2) is 6.10. The Hall–Kier alpha value is -2.25. The van der Waals surface area contributed by atoms with E-state index in [2.05, 4.69) is 10.1 Å². The number of hydrazone groups is 1. The molecule has 0 spiro atoms. The first kappa shape index (κ1) is 17.1. The van der Waals surface area contributed by atoms with Crippen LogP contribution in [0.1, 0.15) is 29.3 Å². The van der Waals surface area contributed by atoms with E-state index in [-0.39, 0.29) is 17.2 Å². The third-order valence-corrected chi connectivity index (χ3v) is 3.71. The predicted octanol–water partition coefficient (Wildman–Crippen LogP) is -3.93. The molecular formula is C11H19N7O5. The summed E-state index contributed by atoms with van der Waals surface area (Å²) in [6, 6.07) is 0. The Balaban J connectivity index is 2.56. The Labute approximate surface area is 130 Å². The smallest absolute Gasteiger partial charge is 0.286 e. The van der Waals surface area contributed by atoms with Crippen molar-refractivity contribution < 1.29 is 24.9 Å². The molecule has 12 nitrogen and oxygen atoms in total. The fourth-order valence-electron chi connectivity index (χ4n) is 2.48. The average Bonchev–Trinajstić information content (AvgIpc) is 3.06. The monoisotopic (exact) mass is 329 g/mol. The zero-order chi connectivity index (χ0) is 17.4. The molecule has 0 aliphatic carbocycles. The molecule has 12 heteroatoms. The molecule has 0 radical (unpaired) electrons. The van der Waals surface area contributed by atoms with E-state index in [0.717, 1.165) is 6.33 Å². The summed E-state index contributed by atoms with van der Waals surface area (Å²) in [5, 5.41) is 33.1. The SMILES string of the molecule is C[C@@]1(O)[C@H](O)[C@@H](CO)O[C@H]1n1cnc(C(=O)NN)c1/C(N)=N/N. The Morgan fingerprint density at radius 1 is 1.65 bits per heavy atom. The van der Waals surface area contributed by atoms with Gasteiger partial charge < -0.3 is 31.6 Å². The molecule has 1 saturated heterocycles. The second-order valence-corrected chi connectivity index (χ2v) is 5.22. The van der Waals surface area contributed by atoms with Gasteiger partial charge in [-0.25, -0.2) is 10.8 Å². The van der Waals surface area contributed by atoms with E-state index in [1.54, 1.807) is 0 Å². The van der Waals surface area contributed by atoms with E-state index in [9.17, 15) is 20.1 Å². The van der Waals surface area contributed by atoms with Crippen LogP contribution in [0.15, 0.2) is 11.4 Å². The third kappa shape index (κ3) is 2.62. The maximum absolute atomic E-state index is 11.8. The molecule has 1 aliphatic heterocycles. The van der Waals surface area contributed by atoms with Crippen molar-refractivity contribution in [1.82, 2.24) is 15.0 Å². The number of nitrogens with zero attached hydrogens (tertiary/aromatic N) is 3. The number of nitrogens with two attached hydrogens (primary N) is 3. The Kier molecular flexibility index (Phi) is 4.53. The number of amidine groups is 1. The fraction of sp³-hybridized carbons (Fsp3) is 0.545. The van der Waals surface area contributed by atoms with Crippen LogP contribution < -0.4 is 22.8 Å². The van der Waals surface area contributed by atoms with Crippen LogP contribution in [0.5, 0.6) is 0 Å². The van der Waals surface area contributed by atoms with Gasteiger partial charge >= 0.3 is 0 Å². The van der Waals surface area contributed by atoms with Crippen LogP contribution in [0.4, 0.5) is 0 Å². The van der Waals surface area contributed by atoms with E-state index in [1.165, 1.54) is 11.5 Å². The van der Waals surface area contributed by atoms with E-state index in [4.69, 9.17) is 22.2 Å². The van der Waals surface area contributed by atoms with Crippen molar-refractivity contribution in [2.75, 3.05) is 6.61 Å². The van der Waals surface area contributed by atoms with Gasteiger partial charge in [0.25, 0.3) is 5.91 Å². The topological polar surface area (TPSA) is 207 Å². The number of amides is 1. The Bertz CT molecular complexity index is 628. The number of imidazole rings is 1. The molecule has 0 bridgehead atoms. The van der Waals surface area contributed by atoms with E-state index >= 15 is 0 Å². The lowest BCUT2D eigenvalue weighted by atomic mass is 9.96. The molecule has 1 aromatic rings. The van der Waals surface area contributed by atoms with E-state index in [1.807, 2.05) is 5.43 Å². The lowest BCUT2D eigenvalue weighted by molar-refractivity contribution is -0.0969. The van der Waals surface area contributed by atoms with Crippen molar-refractivity contribution in [1.29, 1.82) is 0 Å². The number of hydrogen-bond donors (Lipinski definition) is 7. The van der Waals surface area contributed by atoms with Crippen LogP contribution in [0.25, 0.3) is 0 Å². The summed E-state index contributed by atoms with van der Waals surface area (Å²) in [6.45, 7) is 0.786. The molecule has 10 N–H and O–H groups in total. The molecule has 1 aliphatic rings. The normalized spacial score (nSPS) is 31.3. The lowest BCUT2D eigenvalue weighted by Crippen LogP contribution is -2.45. The summed E-state index contributed by atoms with van der Waals surface area (Å²) in [5.74, 6) is 9.21. The van der Waals surface area contributed by atoms with Crippen LogP contribution in [0, 0.1) is 0 Å². The Morgan fingerprint density at radius 2 is 2.30 bits per heavy atom. The number of aliphatic hydroxyl groups excluding tert-OH is 2. The number of carbonyl (C=O) groups excluding carboxylic acids is 1. The minimum Gasteiger partial charge on any atom is -0.394 e. The molecule has 1 aromatic heterocycles. The molecule has 0 aromatic carbocycles. The molecule has 1 fully saturated rings. The molecule has 4 atom stereocenters. The highest BCUT2D eigenvalue weighted by Crippen LogP contribution is 2.39. The maximum atomic E-state index is 11.8. The molecule has 0 saturated carbocycles. The van der Waals surface area contributed by atoms with Crippen molar-refractivity contribution >= 4 is 11.7 Å². The van der Waals surface area contributed by atoms with Gasteiger partial charge in [-0.3, -0.25) is 14.8 Å². The van der Waals surface area contributed by atoms with Gasteiger partial charge in [0.15, 0.2) is 17.8 Å². The molecule has 2 heterocycles. The quantitative estimate of drug-likeness (QED) is 0.0944. The van der Waals surface area contributed by atoms with E-state index in [0.29, 0.717) is 0 Å². The highest BCUT2D eigenvalue weighted by atomic mass is 16.6. The summed E-state index contributed by atoms with van der Waals surface area (Å²) in [7, 11) is 0. The molecular weight excluding hydrogens is 310 g/mol. The molecule has 23 heavy (non-hydrogen) atoms. The van der Waals surface area contributed by atoms with Crippen molar-refractivity contribution in [2.24, 2.45) is 22.5 Å². The molecule has 0 unspecified atom stereocenters. The summed E-state index contributed by atoms with van der Waals surface area (Å²) in [6.07, 6.45) is -2.45.